The lowest BCUT2D eigenvalue weighted by Crippen LogP contribution is -2.30. The molecule has 3 rings (SSSR count). The predicted octanol–water partition coefficient (Wildman–Crippen LogP) is 2.97. The molecule has 1 unspecified atom stereocenters. The smallest absolute Gasteiger partial charge is 0.267 e. The molecule has 6 heteroatoms. The maximum Gasteiger partial charge on any atom is 0.267 e. The summed E-state index contributed by atoms with van der Waals surface area (Å²) in [6.07, 6.45) is 3.30. The molecule has 0 radical (unpaired) electrons. The van der Waals surface area contributed by atoms with Gasteiger partial charge in [0.1, 0.15) is 0 Å². The lowest BCUT2D eigenvalue weighted by Gasteiger charge is -2.16. The average Bonchev–Trinajstić information content (AvgIpc) is 2.98. The van der Waals surface area contributed by atoms with Crippen LogP contribution in [0.15, 0.2) is 28.8 Å². The van der Waals surface area contributed by atoms with Crippen molar-refractivity contribution in [3.63, 3.8) is 0 Å². The molecule has 0 spiro atoms. The van der Waals surface area contributed by atoms with Crippen molar-refractivity contribution in [1.29, 1.82) is 0 Å². The highest BCUT2D eigenvalue weighted by molar-refractivity contribution is 5.93. The molecule has 1 aromatic heterocycles. The van der Waals surface area contributed by atoms with Crippen LogP contribution in [0.5, 0.6) is 11.5 Å². The van der Waals surface area contributed by atoms with E-state index in [-0.39, 0.29) is 5.91 Å². The number of methoxy groups -OCH3 is 1. The van der Waals surface area contributed by atoms with Gasteiger partial charge in [0.15, 0.2) is 17.6 Å². The minimum absolute atomic E-state index is 0.277. The third-order valence-corrected chi connectivity index (χ3v) is 3.94. The van der Waals surface area contributed by atoms with Gasteiger partial charge < -0.3 is 14.0 Å². The van der Waals surface area contributed by atoms with Crippen molar-refractivity contribution in [2.45, 2.75) is 38.7 Å². The van der Waals surface area contributed by atoms with E-state index in [9.17, 15) is 4.79 Å². The van der Waals surface area contributed by atoms with E-state index in [0.717, 1.165) is 36.9 Å². The minimum atomic E-state index is -0.685. The summed E-state index contributed by atoms with van der Waals surface area (Å²) in [5.74, 6) is 1.28. The van der Waals surface area contributed by atoms with Gasteiger partial charge in [0.05, 0.1) is 12.8 Å². The van der Waals surface area contributed by atoms with Crippen LogP contribution in [-0.2, 0) is 17.6 Å². The van der Waals surface area contributed by atoms with Gasteiger partial charge in [-0.1, -0.05) is 17.3 Å². The number of nitrogens with one attached hydrogen (secondary N) is 1. The second-order valence-electron chi connectivity index (χ2n) is 5.54. The number of hydrogen-bond donors (Lipinski definition) is 1. The Morgan fingerprint density at radius 2 is 2.00 bits per heavy atom. The van der Waals surface area contributed by atoms with E-state index < -0.39 is 6.10 Å². The van der Waals surface area contributed by atoms with Crippen LogP contribution in [0.1, 0.15) is 31.0 Å². The quantitative estimate of drug-likeness (QED) is 0.918. The molecule has 1 aliphatic rings. The van der Waals surface area contributed by atoms with Gasteiger partial charge in [-0.25, -0.2) is 0 Å². The number of carbonyl (C=O) groups is 1. The van der Waals surface area contributed by atoms with Crippen LogP contribution in [0.25, 0.3) is 0 Å². The van der Waals surface area contributed by atoms with Crippen molar-refractivity contribution in [2.75, 3.05) is 12.4 Å². The number of para-hydroxylation sites is 2. The van der Waals surface area contributed by atoms with Crippen LogP contribution in [0, 0.1) is 0 Å². The number of benzene rings is 1. The van der Waals surface area contributed by atoms with Gasteiger partial charge in [-0.2, -0.15) is 0 Å². The fraction of sp³-hybridized carbons (Fsp3) is 0.412. The van der Waals surface area contributed by atoms with Crippen molar-refractivity contribution in [1.82, 2.24) is 5.16 Å². The van der Waals surface area contributed by atoms with E-state index >= 15 is 0 Å². The third kappa shape index (κ3) is 3.31. The topological polar surface area (TPSA) is 73.6 Å². The second kappa shape index (κ2) is 6.73. The van der Waals surface area contributed by atoms with Crippen molar-refractivity contribution >= 4 is 11.8 Å². The number of rotatable bonds is 5. The first-order chi connectivity index (χ1) is 11.2. The fourth-order valence-electron chi connectivity index (χ4n) is 2.66. The van der Waals surface area contributed by atoms with Crippen LogP contribution in [0.3, 0.4) is 0 Å². The van der Waals surface area contributed by atoms with Gasteiger partial charge in [0.2, 0.25) is 5.88 Å². The minimum Gasteiger partial charge on any atom is -0.493 e. The van der Waals surface area contributed by atoms with Gasteiger partial charge in [0.25, 0.3) is 5.91 Å². The van der Waals surface area contributed by atoms with Crippen LogP contribution in [-0.4, -0.2) is 24.3 Å². The fourth-order valence-corrected chi connectivity index (χ4v) is 2.66. The summed E-state index contributed by atoms with van der Waals surface area (Å²) in [4.78, 5) is 12.3. The number of fused-ring (bicyclic) bond motifs is 1. The highest BCUT2D eigenvalue weighted by Gasteiger charge is 2.23. The molecule has 0 aliphatic heterocycles. The normalized spacial score (nSPS) is 14.7. The molecule has 1 N–H and O–H groups in total. The second-order valence-corrected chi connectivity index (χ2v) is 5.54. The van der Waals surface area contributed by atoms with E-state index in [4.69, 9.17) is 14.0 Å². The van der Waals surface area contributed by atoms with E-state index in [1.165, 1.54) is 0 Å². The maximum absolute atomic E-state index is 12.3. The number of aryl methyl sites for hydroxylation is 1. The zero-order chi connectivity index (χ0) is 16.2. The molecule has 0 saturated heterocycles. The van der Waals surface area contributed by atoms with Gasteiger partial charge in [0, 0.05) is 5.56 Å². The SMILES string of the molecule is COc1ccccc1OC(C)C(=O)Nc1onc2c1CCCC2. The Labute approximate surface area is 134 Å². The zero-order valence-electron chi connectivity index (χ0n) is 13.3. The molecule has 1 aliphatic carbocycles. The Kier molecular flexibility index (Phi) is 4.50. The number of ether oxygens (including phenoxy) is 2. The van der Waals surface area contributed by atoms with Gasteiger partial charge in [-0.05, 0) is 44.7 Å². The van der Waals surface area contributed by atoms with Crippen molar-refractivity contribution in [3.8, 4) is 11.5 Å². The molecular formula is C17H20N2O4. The van der Waals surface area contributed by atoms with Crippen molar-refractivity contribution < 1.29 is 18.8 Å². The van der Waals surface area contributed by atoms with Crippen LogP contribution < -0.4 is 14.8 Å². The van der Waals surface area contributed by atoms with Crippen LogP contribution in [0.4, 0.5) is 5.88 Å². The number of aromatic nitrogens is 1. The molecular weight excluding hydrogens is 296 g/mol. The van der Waals surface area contributed by atoms with Crippen LogP contribution >= 0.6 is 0 Å². The molecule has 0 fully saturated rings. The number of anilines is 1. The molecule has 2 aromatic rings. The molecule has 23 heavy (non-hydrogen) atoms. The summed E-state index contributed by atoms with van der Waals surface area (Å²) >= 11 is 0. The molecule has 0 saturated carbocycles. The number of nitrogens with zero attached hydrogens (tertiary/aromatic N) is 1. The Morgan fingerprint density at radius 1 is 1.26 bits per heavy atom. The predicted molar refractivity (Wildman–Crippen MR) is 84.9 cm³/mol. The molecule has 1 heterocycles. The molecule has 1 amide bonds. The molecule has 1 aromatic carbocycles. The van der Waals surface area contributed by atoms with Crippen molar-refractivity contribution in [2.24, 2.45) is 0 Å². The zero-order valence-corrected chi connectivity index (χ0v) is 13.3. The van der Waals surface area contributed by atoms with E-state index in [1.807, 2.05) is 12.1 Å². The van der Waals surface area contributed by atoms with E-state index in [2.05, 4.69) is 10.5 Å². The number of carbonyl (C=O) groups excluding carboxylic acids is 1. The van der Waals surface area contributed by atoms with Gasteiger partial charge >= 0.3 is 0 Å². The van der Waals surface area contributed by atoms with Gasteiger partial charge in [-0.3, -0.25) is 10.1 Å². The maximum atomic E-state index is 12.3. The first-order valence-electron chi connectivity index (χ1n) is 7.77. The lowest BCUT2D eigenvalue weighted by atomic mass is 9.98. The molecule has 6 nitrogen and oxygen atoms in total. The lowest BCUT2D eigenvalue weighted by molar-refractivity contribution is -0.122. The van der Waals surface area contributed by atoms with Crippen LogP contribution in [0.2, 0.25) is 0 Å². The largest absolute Gasteiger partial charge is 0.493 e. The number of hydrogen-bond acceptors (Lipinski definition) is 5. The van der Waals surface area contributed by atoms with Gasteiger partial charge in [-0.15, -0.1) is 0 Å². The summed E-state index contributed by atoms with van der Waals surface area (Å²) in [5.41, 5.74) is 1.96. The highest BCUT2D eigenvalue weighted by atomic mass is 16.5. The summed E-state index contributed by atoms with van der Waals surface area (Å²) in [5, 5.41) is 6.80. The van der Waals surface area contributed by atoms with E-state index in [1.54, 1.807) is 26.2 Å². The van der Waals surface area contributed by atoms with Crippen molar-refractivity contribution in [3.05, 3.63) is 35.5 Å². The monoisotopic (exact) mass is 316 g/mol. The number of amides is 1. The summed E-state index contributed by atoms with van der Waals surface area (Å²) in [6.45, 7) is 1.69. The Balaban J connectivity index is 1.67. The molecule has 0 bridgehead atoms. The Hall–Kier alpha value is -2.50. The average molecular weight is 316 g/mol. The summed E-state index contributed by atoms with van der Waals surface area (Å²) in [7, 11) is 1.56. The highest BCUT2D eigenvalue weighted by Crippen LogP contribution is 2.29. The Bertz CT molecular complexity index is 696. The first kappa shape index (κ1) is 15.4. The molecule has 1 atom stereocenters. The standard InChI is InChI=1S/C17H20N2O4/c1-11(22-15-10-6-5-9-14(15)21-2)16(20)18-17-12-7-3-4-8-13(12)19-23-17/h5-6,9-11H,3-4,7-8H2,1-2H3,(H,18,20). The summed E-state index contributed by atoms with van der Waals surface area (Å²) < 4.78 is 16.2. The first-order valence-corrected chi connectivity index (χ1v) is 7.77. The van der Waals surface area contributed by atoms with E-state index in [0.29, 0.717) is 17.4 Å². The third-order valence-electron chi connectivity index (χ3n) is 3.94. The Morgan fingerprint density at radius 3 is 2.78 bits per heavy atom. The molecule has 122 valence electrons. The summed E-state index contributed by atoms with van der Waals surface area (Å²) in [6, 6.07) is 7.22.